The van der Waals surface area contributed by atoms with Crippen LogP contribution in [0.15, 0.2) is 35.6 Å². The molecular weight excluding hydrogens is 264 g/mol. The molecule has 0 N–H and O–H groups in total. The van der Waals surface area contributed by atoms with E-state index < -0.39 is 0 Å². The van der Waals surface area contributed by atoms with Crippen molar-refractivity contribution in [1.82, 2.24) is 0 Å². The van der Waals surface area contributed by atoms with Crippen LogP contribution in [0.4, 0.5) is 0 Å². The normalized spacial score (nSPS) is 16.7. The lowest BCUT2D eigenvalue weighted by Gasteiger charge is -2.07. The molecule has 0 amide bonds. The van der Waals surface area contributed by atoms with E-state index in [9.17, 15) is 9.59 Å². The summed E-state index contributed by atoms with van der Waals surface area (Å²) in [6.07, 6.45) is 10.8. The highest BCUT2D eigenvalue weighted by Crippen LogP contribution is 2.30. The van der Waals surface area contributed by atoms with E-state index in [2.05, 4.69) is 13.5 Å². The molecule has 0 saturated carbocycles. The molecule has 116 valence electrons. The van der Waals surface area contributed by atoms with E-state index in [0.29, 0.717) is 17.8 Å². The molecule has 0 saturated heterocycles. The zero-order valence-corrected chi connectivity index (χ0v) is 13.2. The monoisotopic (exact) mass is 290 g/mol. The number of esters is 1. The first-order chi connectivity index (χ1) is 10.1. The van der Waals surface area contributed by atoms with Gasteiger partial charge >= 0.3 is 5.97 Å². The topological polar surface area (TPSA) is 43.4 Å². The van der Waals surface area contributed by atoms with Gasteiger partial charge in [0.05, 0.1) is 12.0 Å². The number of Topliss-reactive ketones (excluding diaryl/α,β-unsaturated/α-hetero) is 1. The number of hydrogen-bond donors (Lipinski definition) is 0. The highest BCUT2D eigenvalue weighted by Gasteiger charge is 2.27. The second-order valence-electron chi connectivity index (χ2n) is 5.50. The Morgan fingerprint density at radius 2 is 2.00 bits per heavy atom. The van der Waals surface area contributed by atoms with Gasteiger partial charge in [0.1, 0.15) is 5.76 Å². The van der Waals surface area contributed by atoms with Gasteiger partial charge in [0.25, 0.3) is 0 Å². The van der Waals surface area contributed by atoms with Crippen LogP contribution in [0, 0.1) is 0 Å². The summed E-state index contributed by atoms with van der Waals surface area (Å²) in [6.45, 7) is 7.55. The molecule has 1 aliphatic carbocycles. The van der Waals surface area contributed by atoms with E-state index in [0.717, 1.165) is 18.4 Å². The molecule has 21 heavy (non-hydrogen) atoms. The van der Waals surface area contributed by atoms with Crippen LogP contribution in [0.3, 0.4) is 0 Å². The van der Waals surface area contributed by atoms with Crippen LogP contribution in [-0.4, -0.2) is 11.8 Å². The van der Waals surface area contributed by atoms with Gasteiger partial charge in [-0.25, -0.2) is 0 Å². The third-order valence-corrected chi connectivity index (χ3v) is 3.54. The molecule has 1 rings (SSSR count). The number of ketones is 1. The quantitative estimate of drug-likeness (QED) is 0.269. The minimum Gasteiger partial charge on any atom is -0.426 e. The molecule has 0 heterocycles. The van der Waals surface area contributed by atoms with Crippen molar-refractivity contribution in [2.45, 2.75) is 65.2 Å². The summed E-state index contributed by atoms with van der Waals surface area (Å²) in [4.78, 5) is 23.6. The molecule has 0 aromatic carbocycles. The lowest BCUT2D eigenvalue weighted by molar-refractivity contribution is -0.138. The first-order valence-electron chi connectivity index (χ1n) is 7.85. The molecule has 0 radical (unpaired) electrons. The number of hydrogen-bond acceptors (Lipinski definition) is 3. The van der Waals surface area contributed by atoms with Gasteiger partial charge in [0, 0.05) is 6.42 Å². The van der Waals surface area contributed by atoms with Crippen LogP contribution in [0.25, 0.3) is 0 Å². The van der Waals surface area contributed by atoms with Gasteiger partial charge in [-0.3, -0.25) is 9.59 Å². The van der Waals surface area contributed by atoms with Crippen LogP contribution in [-0.2, 0) is 14.3 Å². The Kier molecular flexibility index (Phi) is 7.73. The third-order valence-electron chi connectivity index (χ3n) is 3.54. The molecule has 0 fully saturated rings. The lowest BCUT2D eigenvalue weighted by Crippen LogP contribution is -2.06. The summed E-state index contributed by atoms with van der Waals surface area (Å²) < 4.78 is 5.32. The van der Waals surface area contributed by atoms with Crippen molar-refractivity contribution in [2.24, 2.45) is 0 Å². The van der Waals surface area contributed by atoms with Crippen LogP contribution in [0.2, 0.25) is 0 Å². The van der Waals surface area contributed by atoms with Crippen molar-refractivity contribution < 1.29 is 14.3 Å². The first-order valence-corrected chi connectivity index (χ1v) is 7.85. The molecule has 3 nitrogen and oxygen atoms in total. The second kappa shape index (κ2) is 9.32. The fraction of sp³-hybridized carbons (Fsp3) is 0.556. The van der Waals surface area contributed by atoms with E-state index in [1.807, 2.05) is 13.0 Å². The van der Waals surface area contributed by atoms with Gasteiger partial charge in [-0.05, 0) is 25.3 Å². The van der Waals surface area contributed by atoms with E-state index >= 15 is 0 Å². The van der Waals surface area contributed by atoms with Gasteiger partial charge in [-0.2, -0.15) is 0 Å². The Morgan fingerprint density at radius 3 is 2.67 bits per heavy atom. The van der Waals surface area contributed by atoms with Crippen molar-refractivity contribution in [1.29, 1.82) is 0 Å². The van der Waals surface area contributed by atoms with Crippen molar-refractivity contribution in [3.05, 3.63) is 35.6 Å². The number of unbranched alkanes of at least 4 members (excludes halogenated alkanes) is 5. The average Bonchev–Trinajstić information content (AvgIpc) is 2.69. The summed E-state index contributed by atoms with van der Waals surface area (Å²) in [7, 11) is 0. The summed E-state index contributed by atoms with van der Waals surface area (Å²) in [5.41, 5.74) is 1.43. The van der Waals surface area contributed by atoms with Gasteiger partial charge in [-0.1, -0.05) is 44.8 Å². The highest BCUT2D eigenvalue weighted by atomic mass is 16.5. The third kappa shape index (κ3) is 5.70. The number of rotatable bonds is 9. The predicted molar refractivity (Wildman–Crippen MR) is 84.7 cm³/mol. The molecule has 0 spiro atoms. The van der Waals surface area contributed by atoms with Gasteiger partial charge in [0.2, 0.25) is 0 Å². The maximum atomic E-state index is 12.0. The fourth-order valence-corrected chi connectivity index (χ4v) is 2.39. The second-order valence-corrected chi connectivity index (χ2v) is 5.50. The minimum atomic E-state index is -0.358. The molecule has 0 aliphatic heterocycles. The Labute approximate surface area is 127 Å². The van der Waals surface area contributed by atoms with Crippen molar-refractivity contribution in [3.8, 4) is 0 Å². The lowest BCUT2D eigenvalue weighted by atomic mass is 10.1. The van der Waals surface area contributed by atoms with Crippen molar-refractivity contribution in [2.75, 3.05) is 0 Å². The van der Waals surface area contributed by atoms with Gasteiger partial charge in [-0.15, -0.1) is 6.58 Å². The smallest absolute Gasteiger partial charge is 0.315 e. The zero-order chi connectivity index (χ0) is 15.7. The molecule has 0 bridgehead atoms. The Balaban J connectivity index is 2.58. The molecule has 3 heteroatoms. The summed E-state index contributed by atoms with van der Waals surface area (Å²) in [5.74, 6) is 0.172. The van der Waals surface area contributed by atoms with Crippen molar-refractivity contribution >= 4 is 11.8 Å². The van der Waals surface area contributed by atoms with Crippen LogP contribution in [0.5, 0.6) is 0 Å². The maximum absolute atomic E-state index is 12.0. The van der Waals surface area contributed by atoms with Gasteiger partial charge in [0.15, 0.2) is 5.78 Å². The van der Waals surface area contributed by atoms with E-state index in [4.69, 9.17) is 4.74 Å². The van der Waals surface area contributed by atoms with Crippen molar-refractivity contribution in [3.63, 3.8) is 0 Å². The van der Waals surface area contributed by atoms with Gasteiger partial charge < -0.3 is 4.74 Å². The molecule has 1 aliphatic rings. The number of carbonyl (C=O) groups is 2. The standard InChI is InChI=1S/C18H26O3/c1-4-6-7-8-9-10-12-15-16(19)13-14(3)18(15)21-17(20)11-5-2/h5,12H,2,4,6-11,13H2,1,3H3/b15-12-. The Bertz CT molecular complexity index is 455. The fourth-order valence-electron chi connectivity index (χ4n) is 2.39. The summed E-state index contributed by atoms with van der Waals surface area (Å²) in [6, 6.07) is 0. The molecule has 0 aromatic rings. The first kappa shape index (κ1) is 17.4. The summed E-state index contributed by atoms with van der Waals surface area (Å²) in [5, 5.41) is 0. The zero-order valence-electron chi connectivity index (χ0n) is 13.2. The number of allylic oxidation sites excluding steroid dienone is 3. The predicted octanol–water partition coefficient (Wildman–Crippen LogP) is 4.64. The van der Waals surface area contributed by atoms with E-state index in [1.165, 1.54) is 31.8 Å². The maximum Gasteiger partial charge on any atom is 0.315 e. The van der Waals surface area contributed by atoms with Crippen LogP contribution >= 0.6 is 0 Å². The Hall–Kier alpha value is -1.64. The molecule has 0 aromatic heterocycles. The molecule has 0 unspecified atom stereocenters. The minimum absolute atomic E-state index is 0.0578. The van der Waals surface area contributed by atoms with E-state index in [-0.39, 0.29) is 18.2 Å². The number of carbonyl (C=O) groups excluding carboxylic acids is 2. The number of ether oxygens (including phenoxy) is 1. The largest absolute Gasteiger partial charge is 0.426 e. The highest BCUT2D eigenvalue weighted by molar-refractivity contribution is 6.04. The van der Waals surface area contributed by atoms with Crippen LogP contribution in [0.1, 0.15) is 65.2 Å². The van der Waals surface area contributed by atoms with E-state index in [1.54, 1.807) is 0 Å². The average molecular weight is 290 g/mol. The molecular formula is C18H26O3. The summed E-state index contributed by atoms with van der Waals surface area (Å²) >= 11 is 0. The Morgan fingerprint density at radius 1 is 1.29 bits per heavy atom. The van der Waals surface area contributed by atoms with Crippen LogP contribution < -0.4 is 0 Å². The molecule has 0 atom stereocenters. The SMILES string of the molecule is C=CCC(=O)OC1=C(C)CC(=O)/C1=C/CCCCCCC.